The van der Waals surface area contributed by atoms with E-state index in [2.05, 4.69) is 10.1 Å². The highest BCUT2D eigenvalue weighted by molar-refractivity contribution is 5.98. The number of para-hydroxylation sites is 1. The summed E-state index contributed by atoms with van der Waals surface area (Å²) in [5, 5.41) is 2.96. The van der Waals surface area contributed by atoms with Crippen molar-refractivity contribution >= 4 is 17.6 Å². The number of hydrogen-bond donors (Lipinski definition) is 2. The molecule has 0 fully saturated rings. The van der Waals surface area contributed by atoms with Crippen molar-refractivity contribution in [3.05, 3.63) is 29.8 Å². The molecular formula is C11H14N2O3. The van der Waals surface area contributed by atoms with Crippen molar-refractivity contribution in [2.24, 2.45) is 5.73 Å². The zero-order chi connectivity index (χ0) is 12.0. The van der Waals surface area contributed by atoms with Gasteiger partial charge in [0.1, 0.15) is 0 Å². The number of amides is 1. The van der Waals surface area contributed by atoms with E-state index in [4.69, 9.17) is 5.73 Å². The summed E-state index contributed by atoms with van der Waals surface area (Å²) in [6.07, 6.45) is 0.240. The first kappa shape index (κ1) is 12.0. The van der Waals surface area contributed by atoms with E-state index in [1.807, 2.05) is 0 Å². The molecule has 0 radical (unpaired) electrons. The molecular weight excluding hydrogens is 208 g/mol. The van der Waals surface area contributed by atoms with Crippen molar-refractivity contribution < 1.29 is 14.3 Å². The van der Waals surface area contributed by atoms with E-state index in [9.17, 15) is 9.59 Å². The lowest BCUT2D eigenvalue weighted by Crippen LogP contribution is -2.16. The van der Waals surface area contributed by atoms with Crippen molar-refractivity contribution in [1.82, 2.24) is 0 Å². The van der Waals surface area contributed by atoms with E-state index in [0.717, 1.165) is 0 Å². The SMILES string of the molecule is COC(=O)CCNc1ccccc1C(N)=O. The molecule has 0 atom stereocenters. The molecule has 3 N–H and O–H groups in total. The van der Waals surface area contributed by atoms with Crippen molar-refractivity contribution in [3.8, 4) is 0 Å². The van der Waals surface area contributed by atoms with E-state index in [0.29, 0.717) is 17.8 Å². The summed E-state index contributed by atoms with van der Waals surface area (Å²) in [6, 6.07) is 6.87. The number of ether oxygens (including phenoxy) is 1. The second-order valence-corrected chi connectivity index (χ2v) is 3.16. The number of nitrogens with one attached hydrogen (secondary N) is 1. The summed E-state index contributed by atoms with van der Waals surface area (Å²) in [5.74, 6) is -0.801. The maximum absolute atomic E-state index is 11.1. The molecule has 1 aromatic rings. The number of hydrogen-bond acceptors (Lipinski definition) is 4. The molecule has 16 heavy (non-hydrogen) atoms. The monoisotopic (exact) mass is 222 g/mol. The van der Waals surface area contributed by atoms with Crippen LogP contribution < -0.4 is 11.1 Å². The number of carbonyl (C=O) groups excluding carboxylic acids is 2. The molecule has 0 bridgehead atoms. The van der Waals surface area contributed by atoms with Gasteiger partial charge in [-0.1, -0.05) is 12.1 Å². The van der Waals surface area contributed by atoms with Gasteiger partial charge >= 0.3 is 5.97 Å². The van der Waals surface area contributed by atoms with Crippen LogP contribution in [-0.4, -0.2) is 25.5 Å². The lowest BCUT2D eigenvalue weighted by molar-refractivity contribution is -0.140. The number of nitrogens with two attached hydrogens (primary N) is 1. The molecule has 1 amide bonds. The summed E-state index contributed by atoms with van der Waals surface area (Å²) in [5.41, 5.74) is 6.24. The molecule has 0 aliphatic rings. The third-order valence-corrected chi connectivity index (χ3v) is 2.06. The summed E-state index contributed by atoms with van der Waals surface area (Å²) in [7, 11) is 1.33. The van der Waals surface area contributed by atoms with Gasteiger partial charge in [-0.05, 0) is 12.1 Å². The highest BCUT2D eigenvalue weighted by Crippen LogP contribution is 2.13. The summed E-state index contributed by atoms with van der Waals surface area (Å²) in [4.78, 5) is 21.9. The molecule has 0 spiro atoms. The van der Waals surface area contributed by atoms with Gasteiger partial charge in [0.05, 0.1) is 19.1 Å². The largest absolute Gasteiger partial charge is 0.469 e. The number of rotatable bonds is 5. The van der Waals surface area contributed by atoms with Crippen molar-refractivity contribution in [1.29, 1.82) is 0 Å². The Bertz CT molecular complexity index is 391. The molecule has 0 aliphatic heterocycles. The predicted octanol–water partition coefficient (Wildman–Crippen LogP) is 0.761. The van der Waals surface area contributed by atoms with Crippen LogP contribution in [0.4, 0.5) is 5.69 Å². The first-order valence-electron chi connectivity index (χ1n) is 4.84. The number of methoxy groups -OCH3 is 1. The molecule has 0 heterocycles. The van der Waals surface area contributed by atoms with Crippen LogP contribution in [0.2, 0.25) is 0 Å². The minimum atomic E-state index is -0.499. The van der Waals surface area contributed by atoms with Crippen LogP contribution >= 0.6 is 0 Å². The molecule has 0 aliphatic carbocycles. The predicted molar refractivity (Wildman–Crippen MR) is 60.1 cm³/mol. The molecule has 5 heteroatoms. The Balaban J connectivity index is 2.60. The maximum atomic E-state index is 11.1. The number of carbonyl (C=O) groups is 2. The normalized spacial score (nSPS) is 9.56. The van der Waals surface area contributed by atoms with E-state index in [1.54, 1.807) is 24.3 Å². The fraction of sp³-hybridized carbons (Fsp3) is 0.273. The number of primary amides is 1. The average molecular weight is 222 g/mol. The Labute approximate surface area is 93.6 Å². The van der Waals surface area contributed by atoms with Crippen LogP contribution in [0.3, 0.4) is 0 Å². The van der Waals surface area contributed by atoms with Crippen LogP contribution in [0.1, 0.15) is 16.8 Å². The van der Waals surface area contributed by atoms with E-state index >= 15 is 0 Å². The highest BCUT2D eigenvalue weighted by Gasteiger charge is 2.07. The van der Waals surface area contributed by atoms with Crippen LogP contribution in [-0.2, 0) is 9.53 Å². The van der Waals surface area contributed by atoms with Crippen molar-refractivity contribution in [3.63, 3.8) is 0 Å². The molecule has 1 aromatic carbocycles. The Hall–Kier alpha value is -2.04. The van der Waals surface area contributed by atoms with Gasteiger partial charge in [0.15, 0.2) is 0 Å². The smallest absolute Gasteiger partial charge is 0.307 e. The Morgan fingerprint density at radius 2 is 2.06 bits per heavy atom. The summed E-state index contributed by atoms with van der Waals surface area (Å²) < 4.78 is 4.50. The molecule has 86 valence electrons. The van der Waals surface area contributed by atoms with Gasteiger partial charge in [0.25, 0.3) is 5.91 Å². The Kier molecular flexibility index (Phi) is 4.32. The third-order valence-electron chi connectivity index (χ3n) is 2.06. The number of esters is 1. The van der Waals surface area contributed by atoms with Crippen LogP contribution in [0.5, 0.6) is 0 Å². The standard InChI is InChI=1S/C11H14N2O3/c1-16-10(14)6-7-13-9-5-3-2-4-8(9)11(12)15/h2-5,13H,6-7H2,1H3,(H2,12,15). The van der Waals surface area contributed by atoms with E-state index in [-0.39, 0.29) is 12.4 Å². The maximum Gasteiger partial charge on any atom is 0.307 e. The fourth-order valence-corrected chi connectivity index (χ4v) is 1.25. The Morgan fingerprint density at radius 3 is 2.69 bits per heavy atom. The number of benzene rings is 1. The first-order chi connectivity index (χ1) is 7.65. The van der Waals surface area contributed by atoms with Gasteiger partial charge in [0.2, 0.25) is 0 Å². The second kappa shape index (κ2) is 5.75. The van der Waals surface area contributed by atoms with Crippen LogP contribution in [0.25, 0.3) is 0 Å². The highest BCUT2D eigenvalue weighted by atomic mass is 16.5. The topological polar surface area (TPSA) is 81.4 Å². The van der Waals surface area contributed by atoms with Crippen LogP contribution in [0.15, 0.2) is 24.3 Å². The molecule has 0 saturated carbocycles. The molecule has 5 nitrogen and oxygen atoms in total. The molecule has 1 rings (SSSR count). The van der Waals surface area contributed by atoms with Gasteiger partial charge in [-0.2, -0.15) is 0 Å². The van der Waals surface area contributed by atoms with Crippen molar-refractivity contribution in [2.75, 3.05) is 19.0 Å². The fourth-order valence-electron chi connectivity index (χ4n) is 1.25. The molecule has 0 aromatic heterocycles. The van der Waals surface area contributed by atoms with E-state index < -0.39 is 5.91 Å². The number of anilines is 1. The van der Waals surface area contributed by atoms with Gasteiger partial charge in [0, 0.05) is 12.2 Å². The summed E-state index contributed by atoms with van der Waals surface area (Å²) >= 11 is 0. The van der Waals surface area contributed by atoms with Gasteiger partial charge in [-0.3, -0.25) is 9.59 Å². The second-order valence-electron chi connectivity index (χ2n) is 3.16. The zero-order valence-corrected chi connectivity index (χ0v) is 9.03. The van der Waals surface area contributed by atoms with E-state index in [1.165, 1.54) is 7.11 Å². The first-order valence-corrected chi connectivity index (χ1v) is 4.84. The molecule has 0 unspecified atom stereocenters. The zero-order valence-electron chi connectivity index (χ0n) is 9.03. The van der Waals surface area contributed by atoms with Crippen molar-refractivity contribution in [2.45, 2.75) is 6.42 Å². The lowest BCUT2D eigenvalue weighted by Gasteiger charge is -2.08. The quantitative estimate of drug-likeness (QED) is 0.721. The summed E-state index contributed by atoms with van der Waals surface area (Å²) in [6.45, 7) is 0.400. The average Bonchev–Trinajstić information content (AvgIpc) is 2.29. The van der Waals surface area contributed by atoms with Gasteiger partial charge in [-0.15, -0.1) is 0 Å². The van der Waals surface area contributed by atoms with Gasteiger partial charge in [-0.25, -0.2) is 0 Å². The molecule has 0 saturated heterocycles. The minimum absolute atomic E-state index is 0.240. The lowest BCUT2D eigenvalue weighted by atomic mass is 10.1. The Morgan fingerprint density at radius 1 is 1.38 bits per heavy atom. The van der Waals surface area contributed by atoms with Crippen LogP contribution in [0, 0.1) is 0 Å². The third kappa shape index (κ3) is 3.27. The minimum Gasteiger partial charge on any atom is -0.469 e. The van der Waals surface area contributed by atoms with Gasteiger partial charge < -0.3 is 15.8 Å².